The Bertz CT molecular complexity index is 1010. The summed E-state index contributed by atoms with van der Waals surface area (Å²) < 4.78 is 28.1. The van der Waals surface area contributed by atoms with Crippen LogP contribution in [-0.4, -0.2) is 63.2 Å². The van der Waals surface area contributed by atoms with Gasteiger partial charge in [-0.25, -0.2) is 4.31 Å². The molecule has 2 aromatic carbocycles. The Hall–Kier alpha value is -2.62. The second-order valence-corrected chi connectivity index (χ2v) is 9.82. The maximum atomic E-state index is 13.5. The van der Waals surface area contributed by atoms with Crippen molar-refractivity contribution in [1.29, 1.82) is 0 Å². The summed E-state index contributed by atoms with van der Waals surface area (Å²) in [5.74, 6) is -0.818. The molecule has 32 heavy (non-hydrogen) atoms. The molecule has 0 radical (unpaired) electrons. The van der Waals surface area contributed by atoms with E-state index in [4.69, 9.17) is 11.6 Å². The monoisotopic (exact) mass is 480 g/mol. The summed E-state index contributed by atoms with van der Waals surface area (Å²) in [6, 6.07) is 14.6. The van der Waals surface area contributed by atoms with Crippen LogP contribution in [0.4, 0.5) is 5.69 Å². The number of anilines is 1. The van der Waals surface area contributed by atoms with Crippen molar-refractivity contribution in [2.24, 2.45) is 0 Å². The third-order valence-corrected chi connectivity index (χ3v) is 7.03. The molecule has 10 heteroatoms. The standard InChI is InChI=1S/C22H29ClN4O4S/c1-5-20(22(29)24-2)26(15-17-11-13-18(23)14-12-17)21(28)16-27(32(30,31)25(3)4)19-9-7-6-8-10-19/h6-14,20H,5,15-16H2,1-4H3,(H,24,29). The first kappa shape index (κ1) is 25.6. The molecule has 0 saturated heterocycles. The summed E-state index contributed by atoms with van der Waals surface area (Å²) in [4.78, 5) is 27.4. The van der Waals surface area contributed by atoms with E-state index < -0.39 is 28.7 Å². The van der Waals surface area contributed by atoms with E-state index in [9.17, 15) is 18.0 Å². The highest BCUT2D eigenvalue weighted by Crippen LogP contribution is 2.21. The van der Waals surface area contributed by atoms with Crippen LogP contribution < -0.4 is 9.62 Å². The summed E-state index contributed by atoms with van der Waals surface area (Å²) >= 11 is 5.97. The highest BCUT2D eigenvalue weighted by Gasteiger charge is 2.33. The first-order valence-electron chi connectivity index (χ1n) is 10.1. The molecular weight excluding hydrogens is 452 g/mol. The van der Waals surface area contributed by atoms with Crippen molar-refractivity contribution in [1.82, 2.24) is 14.5 Å². The van der Waals surface area contributed by atoms with Crippen molar-refractivity contribution in [2.75, 3.05) is 32.0 Å². The van der Waals surface area contributed by atoms with Gasteiger partial charge in [0, 0.05) is 32.7 Å². The Kier molecular flexibility index (Phi) is 9.06. The molecule has 2 rings (SSSR count). The number of hydrogen-bond acceptors (Lipinski definition) is 4. The third kappa shape index (κ3) is 6.21. The number of carbonyl (C=O) groups excluding carboxylic acids is 2. The Morgan fingerprint density at radius 1 is 1.03 bits per heavy atom. The first-order valence-corrected chi connectivity index (χ1v) is 11.9. The third-order valence-electron chi connectivity index (χ3n) is 4.96. The Balaban J connectivity index is 2.45. The second-order valence-electron chi connectivity index (χ2n) is 7.32. The van der Waals surface area contributed by atoms with Gasteiger partial charge in [0.15, 0.2) is 0 Å². The van der Waals surface area contributed by atoms with Crippen LogP contribution in [0.3, 0.4) is 0 Å². The molecule has 0 aliphatic rings. The molecule has 1 atom stereocenters. The van der Waals surface area contributed by atoms with E-state index in [2.05, 4.69) is 5.32 Å². The van der Waals surface area contributed by atoms with Crippen molar-refractivity contribution < 1.29 is 18.0 Å². The summed E-state index contributed by atoms with van der Waals surface area (Å²) in [7, 11) is 0.353. The summed E-state index contributed by atoms with van der Waals surface area (Å²) in [5.41, 5.74) is 1.13. The fourth-order valence-corrected chi connectivity index (χ4v) is 4.37. The molecule has 0 aromatic heterocycles. The maximum absolute atomic E-state index is 13.5. The SMILES string of the molecule is CCC(C(=O)NC)N(Cc1ccc(Cl)cc1)C(=O)CN(c1ccccc1)S(=O)(=O)N(C)C. The molecule has 2 aromatic rings. The van der Waals surface area contributed by atoms with Crippen molar-refractivity contribution in [3.63, 3.8) is 0 Å². The van der Waals surface area contributed by atoms with E-state index in [-0.39, 0.29) is 12.5 Å². The minimum absolute atomic E-state index is 0.132. The van der Waals surface area contributed by atoms with E-state index in [1.54, 1.807) is 61.5 Å². The predicted molar refractivity (Wildman–Crippen MR) is 127 cm³/mol. The Morgan fingerprint density at radius 2 is 1.62 bits per heavy atom. The van der Waals surface area contributed by atoms with Gasteiger partial charge in [-0.1, -0.05) is 48.9 Å². The van der Waals surface area contributed by atoms with Crippen molar-refractivity contribution in [2.45, 2.75) is 25.9 Å². The molecule has 0 aliphatic carbocycles. The molecule has 1 unspecified atom stereocenters. The number of hydrogen-bond donors (Lipinski definition) is 1. The molecule has 174 valence electrons. The number of likely N-dealkylation sites (N-methyl/N-ethyl adjacent to an activating group) is 1. The minimum atomic E-state index is -3.96. The highest BCUT2D eigenvalue weighted by atomic mass is 35.5. The van der Waals surface area contributed by atoms with Gasteiger partial charge >= 0.3 is 10.2 Å². The van der Waals surface area contributed by atoms with Crippen molar-refractivity contribution in [3.05, 3.63) is 65.2 Å². The molecule has 1 N–H and O–H groups in total. The highest BCUT2D eigenvalue weighted by molar-refractivity contribution is 7.90. The van der Waals surface area contributed by atoms with E-state index in [1.807, 2.05) is 0 Å². The van der Waals surface area contributed by atoms with Crippen LogP contribution >= 0.6 is 11.6 Å². The van der Waals surface area contributed by atoms with Crippen molar-refractivity contribution in [3.8, 4) is 0 Å². The van der Waals surface area contributed by atoms with E-state index in [0.717, 1.165) is 14.2 Å². The lowest BCUT2D eigenvalue weighted by atomic mass is 10.1. The van der Waals surface area contributed by atoms with Crippen LogP contribution in [0.1, 0.15) is 18.9 Å². The van der Waals surface area contributed by atoms with E-state index in [0.29, 0.717) is 17.1 Å². The smallest absolute Gasteiger partial charge is 0.304 e. The molecule has 0 spiro atoms. The second kappa shape index (κ2) is 11.3. The van der Waals surface area contributed by atoms with Gasteiger partial charge in [-0.05, 0) is 36.2 Å². The lowest BCUT2D eigenvalue weighted by molar-refractivity contribution is -0.140. The number of carbonyl (C=O) groups is 2. The van der Waals surface area contributed by atoms with Gasteiger partial charge in [0.25, 0.3) is 0 Å². The van der Waals surface area contributed by atoms with Crippen LogP contribution in [0.2, 0.25) is 5.02 Å². The minimum Gasteiger partial charge on any atom is -0.357 e. The van der Waals surface area contributed by atoms with Gasteiger partial charge in [-0.2, -0.15) is 12.7 Å². The predicted octanol–water partition coefficient (Wildman–Crippen LogP) is 2.51. The number of benzene rings is 2. The Morgan fingerprint density at radius 3 is 2.12 bits per heavy atom. The average Bonchev–Trinajstić information content (AvgIpc) is 2.78. The molecule has 0 aliphatic heterocycles. The number of nitrogens with one attached hydrogen (secondary N) is 1. The first-order chi connectivity index (χ1) is 15.1. The van der Waals surface area contributed by atoms with E-state index >= 15 is 0 Å². The fourth-order valence-electron chi connectivity index (χ4n) is 3.18. The van der Waals surface area contributed by atoms with Gasteiger partial charge < -0.3 is 10.2 Å². The fraction of sp³-hybridized carbons (Fsp3) is 0.364. The molecule has 2 amide bonds. The summed E-state index contributed by atoms with van der Waals surface area (Å²) in [6.07, 6.45) is 0.366. The lowest BCUT2D eigenvalue weighted by Crippen LogP contribution is -2.52. The maximum Gasteiger partial charge on any atom is 0.304 e. The molecule has 0 saturated carbocycles. The molecule has 0 heterocycles. The largest absolute Gasteiger partial charge is 0.357 e. The van der Waals surface area contributed by atoms with Gasteiger partial charge in [0.2, 0.25) is 11.8 Å². The van der Waals surface area contributed by atoms with Crippen LogP contribution in [-0.2, 0) is 26.3 Å². The van der Waals surface area contributed by atoms with Gasteiger partial charge in [-0.3, -0.25) is 9.59 Å². The molecule has 0 bridgehead atoms. The Labute approximate surface area is 194 Å². The number of nitrogens with zero attached hydrogens (tertiary/aromatic N) is 3. The molecule has 8 nitrogen and oxygen atoms in total. The number of amides is 2. The topological polar surface area (TPSA) is 90.0 Å². The van der Waals surface area contributed by atoms with Gasteiger partial charge in [0.1, 0.15) is 12.6 Å². The molecule has 0 fully saturated rings. The molecular formula is C22H29ClN4O4S. The zero-order chi connectivity index (χ0) is 23.9. The van der Waals surface area contributed by atoms with Gasteiger partial charge in [-0.15, -0.1) is 0 Å². The van der Waals surface area contributed by atoms with E-state index in [1.165, 1.54) is 26.0 Å². The summed E-state index contributed by atoms with van der Waals surface area (Å²) in [6.45, 7) is 1.48. The van der Waals surface area contributed by atoms with Crippen LogP contribution in [0.25, 0.3) is 0 Å². The van der Waals surface area contributed by atoms with Gasteiger partial charge in [0.05, 0.1) is 5.69 Å². The lowest BCUT2D eigenvalue weighted by Gasteiger charge is -2.33. The van der Waals surface area contributed by atoms with Crippen LogP contribution in [0, 0.1) is 0 Å². The number of halogens is 1. The average molecular weight is 481 g/mol. The normalized spacial score (nSPS) is 12.3. The quantitative estimate of drug-likeness (QED) is 0.565. The zero-order valence-electron chi connectivity index (χ0n) is 18.7. The number of para-hydroxylation sites is 1. The van der Waals surface area contributed by atoms with Crippen LogP contribution in [0.5, 0.6) is 0 Å². The van der Waals surface area contributed by atoms with Crippen LogP contribution in [0.15, 0.2) is 54.6 Å². The van der Waals surface area contributed by atoms with Crippen molar-refractivity contribution >= 4 is 39.3 Å². The number of rotatable bonds is 10. The zero-order valence-corrected chi connectivity index (χ0v) is 20.2. The summed E-state index contributed by atoms with van der Waals surface area (Å²) in [5, 5.41) is 3.14.